The van der Waals surface area contributed by atoms with Gasteiger partial charge in [0.25, 0.3) is 0 Å². The van der Waals surface area contributed by atoms with Gasteiger partial charge in [-0.25, -0.2) is 11.7 Å². The van der Waals surface area contributed by atoms with Crippen molar-refractivity contribution in [1.29, 1.82) is 0 Å². The molecule has 5 N–H and O–H groups in total. The number of rotatable bonds is 6. The first-order valence-electron chi connectivity index (χ1n) is 8.94. The molecule has 0 saturated carbocycles. The summed E-state index contributed by atoms with van der Waals surface area (Å²) in [6.45, 7) is 4.56. The maximum Gasteiger partial charge on any atom is 0.221 e. The van der Waals surface area contributed by atoms with Gasteiger partial charge in [-0.15, -0.1) is 0 Å². The number of hydrazine groups is 2. The number of anilines is 1. The highest BCUT2D eigenvalue weighted by atomic mass is 16.5. The lowest BCUT2D eigenvalue weighted by Crippen LogP contribution is -2.26. The minimum absolute atomic E-state index is 0.403. The molecule has 1 heterocycles. The van der Waals surface area contributed by atoms with Crippen molar-refractivity contribution in [2.75, 3.05) is 12.1 Å². The fraction of sp³-hybridized carbons (Fsp3) is 0.190. The molecule has 29 heavy (non-hydrogen) atoms. The van der Waals surface area contributed by atoms with Crippen molar-refractivity contribution < 1.29 is 9.53 Å². The standard InChI is InChI=1S/C20H22N4O.CH4N2O/c1-14-5-4-6-19(24(3)21)17(14)13-25-20-8-7-16(11-15(20)2)18-12-22-9-10-23-18;2-3-1-4/h4-12H,13,21H2,1-3H3;1H,2H2,(H,3,4). The van der Waals surface area contributed by atoms with E-state index in [1.54, 1.807) is 29.0 Å². The van der Waals surface area contributed by atoms with Crippen molar-refractivity contribution in [3.8, 4) is 17.0 Å². The summed E-state index contributed by atoms with van der Waals surface area (Å²) in [5, 5.41) is 1.62. The van der Waals surface area contributed by atoms with E-state index in [-0.39, 0.29) is 0 Å². The van der Waals surface area contributed by atoms with E-state index in [2.05, 4.69) is 34.9 Å². The number of amides is 1. The van der Waals surface area contributed by atoms with Gasteiger partial charge in [0.05, 0.1) is 17.6 Å². The van der Waals surface area contributed by atoms with Gasteiger partial charge < -0.3 is 9.75 Å². The van der Waals surface area contributed by atoms with E-state index in [9.17, 15) is 0 Å². The Hall–Kier alpha value is -3.49. The predicted molar refractivity (Wildman–Crippen MR) is 114 cm³/mol. The van der Waals surface area contributed by atoms with Crippen LogP contribution in [0.15, 0.2) is 55.0 Å². The third-order valence-electron chi connectivity index (χ3n) is 4.24. The molecule has 0 aliphatic rings. The molecule has 8 heteroatoms. The zero-order valence-corrected chi connectivity index (χ0v) is 16.8. The molecule has 1 aromatic heterocycles. The summed E-state index contributed by atoms with van der Waals surface area (Å²) >= 11 is 0. The summed E-state index contributed by atoms with van der Waals surface area (Å²) in [5.41, 5.74) is 7.89. The van der Waals surface area contributed by atoms with Crippen molar-refractivity contribution in [1.82, 2.24) is 15.4 Å². The van der Waals surface area contributed by atoms with Crippen LogP contribution >= 0.6 is 0 Å². The minimum Gasteiger partial charge on any atom is -0.489 e. The lowest BCUT2D eigenvalue weighted by Gasteiger charge is -2.19. The molecule has 2 aromatic carbocycles. The second kappa shape index (κ2) is 10.7. The van der Waals surface area contributed by atoms with Gasteiger partial charge >= 0.3 is 0 Å². The molecule has 3 aromatic rings. The van der Waals surface area contributed by atoms with Crippen LogP contribution in [-0.2, 0) is 11.4 Å². The first-order chi connectivity index (χ1) is 14.0. The molecule has 0 aliphatic carbocycles. The summed E-state index contributed by atoms with van der Waals surface area (Å²) < 4.78 is 6.07. The van der Waals surface area contributed by atoms with Crippen LogP contribution in [0.5, 0.6) is 5.75 Å². The van der Waals surface area contributed by atoms with Gasteiger partial charge in [-0.3, -0.25) is 20.2 Å². The second-order valence-corrected chi connectivity index (χ2v) is 6.33. The first kappa shape index (κ1) is 21.8. The maximum absolute atomic E-state index is 8.94. The van der Waals surface area contributed by atoms with E-state index in [0.717, 1.165) is 39.4 Å². The van der Waals surface area contributed by atoms with Crippen LogP contribution in [0.4, 0.5) is 5.69 Å². The van der Waals surface area contributed by atoms with Gasteiger partial charge in [-0.2, -0.15) is 0 Å². The summed E-state index contributed by atoms with van der Waals surface area (Å²) in [6, 6.07) is 12.1. The van der Waals surface area contributed by atoms with E-state index in [1.807, 2.05) is 38.2 Å². The van der Waals surface area contributed by atoms with E-state index in [4.69, 9.17) is 15.4 Å². The fourth-order valence-electron chi connectivity index (χ4n) is 2.77. The van der Waals surface area contributed by atoms with Crippen molar-refractivity contribution >= 4 is 12.1 Å². The number of carbonyl (C=O) groups excluding carboxylic acids is 1. The van der Waals surface area contributed by atoms with Gasteiger partial charge in [-0.1, -0.05) is 12.1 Å². The smallest absolute Gasteiger partial charge is 0.221 e. The lowest BCUT2D eigenvalue weighted by atomic mass is 10.1. The molecule has 0 bridgehead atoms. The Morgan fingerprint density at radius 2 is 1.93 bits per heavy atom. The Morgan fingerprint density at radius 3 is 2.52 bits per heavy atom. The third-order valence-corrected chi connectivity index (χ3v) is 4.24. The molecular formula is C21H26N6O2. The number of nitrogens with two attached hydrogens (primary N) is 2. The molecule has 0 saturated heterocycles. The topological polar surface area (TPSA) is 119 Å². The Kier molecular flexibility index (Phi) is 8.08. The molecule has 0 unspecified atom stereocenters. The number of ether oxygens (including phenoxy) is 1. The molecule has 3 rings (SSSR count). The number of hydrogen-bond acceptors (Lipinski definition) is 7. The van der Waals surface area contributed by atoms with Crippen LogP contribution < -0.4 is 26.9 Å². The Labute approximate surface area is 170 Å². The average Bonchev–Trinajstić information content (AvgIpc) is 2.74. The Balaban J connectivity index is 0.000000687. The van der Waals surface area contributed by atoms with Crippen molar-refractivity contribution in [2.24, 2.45) is 11.7 Å². The number of aromatic nitrogens is 2. The molecule has 0 radical (unpaired) electrons. The number of benzene rings is 2. The summed E-state index contributed by atoms with van der Waals surface area (Å²) in [5.74, 6) is 11.2. The number of hydrogen-bond donors (Lipinski definition) is 3. The van der Waals surface area contributed by atoms with Crippen LogP contribution in [0.25, 0.3) is 11.3 Å². The first-order valence-corrected chi connectivity index (χ1v) is 8.94. The largest absolute Gasteiger partial charge is 0.489 e. The van der Waals surface area contributed by atoms with E-state index in [1.165, 1.54) is 0 Å². The van der Waals surface area contributed by atoms with Crippen LogP contribution in [0.3, 0.4) is 0 Å². The highest BCUT2D eigenvalue weighted by Crippen LogP contribution is 2.27. The predicted octanol–water partition coefficient (Wildman–Crippen LogP) is 2.26. The molecule has 8 nitrogen and oxygen atoms in total. The van der Waals surface area contributed by atoms with Crippen LogP contribution in [0, 0.1) is 13.8 Å². The summed E-state index contributed by atoms with van der Waals surface area (Å²) in [7, 11) is 1.83. The lowest BCUT2D eigenvalue weighted by molar-refractivity contribution is -0.109. The summed E-state index contributed by atoms with van der Waals surface area (Å²) in [6.07, 6.45) is 5.52. The third kappa shape index (κ3) is 6.00. The van der Waals surface area contributed by atoms with Crippen molar-refractivity contribution in [2.45, 2.75) is 20.5 Å². The summed E-state index contributed by atoms with van der Waals surface area (Å²) in [4.78, 5) is 17.4. The molecule has 0 fully saturated rings. The number of nitrogens with one attached hydrogen (secondary N) is 1. The van der Waals surface area contributed by atoms with E-state index >= 15 is 0 Å². The zero-order chi connectivity index (χ0) is 21.2. The monoisotopic (exact) mass is 394 g/mol. The normalized spacial score (nSPS) is 9.83. The van der Waals surface area contributed by atoms with Gasteiger partial charge in [0.1, 0.15) is 12.4 Å². The average molecular weight is 394 g/mol. The minimum atomic E-state index is 0.403. The zero-order valence-electron chi connectivity index (χ0n) is 16.8. The molecule has 1 amide bonds. The second-order valence-electron chi connectivity index (χ2n) is 6.33. The number of carbonyl (C=O) groups is 1. The maximum atomic E-state index is 8.94. The van der Waals surface area contributed by atoms with E-state index < -0.39 is 0 Å². The van der Waals surface area contributed by atoms with Crippen LogP contribution in [-0.4, -0.2) is 23.4 Å². The van der Waals surface area contributed by atoms with Gasteiger partial charge in [0.15, 0.2) is 0 Å². The van der Waals surface area contributed by atoms with E-state index in [0.29, 0.717) is 13.0 Å². The molecule has 0 atom stereocenters. The highest BCUT2D eigenvalue weighted by Gasteiger charge is 2.10. The highest BCUT2D eigenvalue weighted by molar-refractivity contribution is 5.61. The molecular weight excluding hydrogens is 368 g/mol. The van der Waals surface area contributed by atoms with Crippen LogP contribution in [0.2, 0.25) is 0 Å². The molecule has 152 valence electrons. The quantitative estimate of drug-likeness (QED) is 0.254. The molecule has 0 aliphatic heterocycles. The van der Waals surface area contributed by atoms with Gasteiger partial charge in [0.2, 0.25) is 6.41 Å². The molecule has 0 spiro atoms. The Bertz CT molecular complexity index is 932. The Morgan fingerprint density at radius 1 is 1.17 bits per heavy atom. The fourth-order valence-corrected chi connectivity index (χ4v) is 2.77. The number of nitrogens with zero attached hydrogens (tertiary/aromatic N) is 3. The van der Waals surface area contributed by atoms with Crippen molar-refractivity contribution in [3.05, 3.63) is 71.7 Å². The van der Waals surface area contributed by atoms with Crippen LogP contribution in [0.1, 0.15) is 16.7 Å². The van der Waals surface area contributed by atoms with Gasteiger partial charge in [-0.05, 0) is 49.2 Å². The van der Waals surface area contributed by atoms with Crippen molar-refractivity contribution in [3.63, 3.8) is 0 Å². The van der Waals surface area contributed by atoms with Gasteiger partial charge in [0, 0.05) is 30.6 Å². The SMILES string of the molecule is Cc1cc(-c2cnccn2)ccc1OCc1c(C)cccc1N(C)N.NNC=O. The number of aryl methyl sites for hydroxylation is 2.